The van der Waals surface area contributed by atoms with Crippen molar-refractivity contribution in [3.8, 4) is 11.5 Å². The van der Waals surface area contributed by atoms with Gasteiger partial charge in [-0.2, -0.15) is 0 Å². The number of nitrogens with one attached hydrogen (secondary N) is 1. The summed E-state index contributed by atoms with van der Waals surface area (Å²) in [4.78, 5) is 38.5. The number of fused-ring (bicyclic) bond motifs is 1. The summed E-state index contributed by atoms with van der Waals surface area (Å²) in [7, 11) is 0. The van der Waals surface area contributed by atoms with Crippen LogP contribution in [0.25, 0.3) is 6.08 Å². The highest BCUT2D eigenvalue weighted by Gasteiger charge is 2.31. The quantitative estimate of drug-likeness (QED) is 0.226. The second-order valence-corrected chi connectivity index (χ2v) is 9.61. The molecule has 2 aromatic rings. The summed E-state index contributed by atoms with van der Waals surface area (Å²) in [6, 6.07) is 12.4. The monoisotopic (exact) mass is 496 g/mol. The maximum atomic E-state index is 12.8. The molecule has 0 radical (unpaired) electrons. The number of rotatable bonds is 9. The number of Topliss-reactive ketones (excluding diaryl/α,β-unsaturated/α-hetero) is 1. The van der Waals surface area contributed by atoms with Gasteiger partial charge in [0.1, 0.15) is 4.32 Å². The van der Waals surface area contributed by atoms with E-state index >= 15 is 0 Å². The Kier molecular flexibility index (Phi) is 7.64. The van der Waals surface area contributed by atoms with Crippen LogP contribution in [-0.4, -0.2) is 40.2 Å². The van der Waals surface area contributed by atoms with Crippen molar-refractivity contribution >= 4 is 57.7 Å². The molecule has 2 aliphatic heterocycles. The molecule has 7 nitrogen and oxygen atoms in total. The number of hydrogen-bond acceptors (Lipinski definition) is 7. The van der Waals surface area contributed by atoms with Gasteiger partial charge in [0.2, 0.25) is 12.7 Å². The van der Waals surface area contributed by atoms with Crippen LogP contribution >= 0.6 is 24.0 Å². The summed E-state index contributed by atoms with van der Waals surface area (Å²) in [5.41, 5.74) is 2.13. The summed E-state index contributed by atoms with van der Waals surface area (Å²) >= 11 is 6.70. The fraction of sp³-hybridized carbons (Fsp3) is 0.280. The lowest BCUT2D eigenvalue weighted by atomic mass is 10.1. The number of benzene rings is 2. The molecule has 4 rings (SSSR count). The molecule has 0 saturated carbocycles. The number of ether oxygens (including phenoxy) is 2. The average Bonchev–Trinajstić information content (AvgIpc) is 3.38. The molecule has 1 saturated heterocycles. The van der Waals surface area contributed by atoms with Gasteiger partial charge in [0.25, 0.3) is 5.91 Å². The number of thioether (sulfide) groups is 1. The van der Waals surface area contributed by atoms with E-state index < -0.39 is 0 Å². The van der Waals surface area contributed by atoms with Gasteiger partial charge in [-0.25, -0.2) is 0 Å². The first kappa shape index (κ1) is 24.0. The molecule has 176 valence electrons. The number of anilines is 1. The zero-order valence-electron chi connectivity index (χ0n) is 18.7. The van der Waals surface area contributed by atoms with E-state index in [1.807, 2.05) is 24.3 Å². The summed E-state index contributed by atoms with van der Waals surface area (Å²) in [5.74, 6) is 1.18. The highest BCUT2D eigenvalue weighted by molar-refractivity contribution is 8.26. The van der Waals surface area contributed by atoms with Crippen LogP contribution in [0.3, 0.4) is 0 Å². The molecule has 2 aliphatic rings. The van der Waals surface area contributed by atoms with E-state index in [0.717, 1.165) is 18.4 Å². The number of nitrogens with zero attached hydrogens (tertiary/aromatic N) is 1. The van der Waals surface area contributed by atoms with Crippen LogP contribution in [0.5, 0.6) is 11.5 Å². The van der Waals surface area contributed by atoms with Crippen LogP contribution in [0.15, 0.2) is 47.4 Å². The Hall–Kier alpha value is -3.17. The van der Waals surface area contributed by atoms with Crippen molar-refractivity contribution in [2.24, 2.45) is 0 Å². The number of hydrogen-bond donors (Lipinski definition) is 1. The molecular formula is C25H24N2O5S2. The van der Waals surface area contributed by atoms with Crippen molar-refractivity contribution in [3.63, 3.8) is 0 Å². The second-order valence-electron chi connectivity index (χ2n) is 7.94. The molecule has 0 atom stereocenters. The minimum absolute atomic E-state index is 0.0113. The number of amides is 2. The number of carbonyl (C=O) groups is 3. The van der Waals surface area contributed by atoms with Crippen LogP contribution < -0.4 is 14.8 Å². The van der Waals surface area contributed by atoms with Gasteiger partial charge in [0, 0.05) is 24.2 Å². The number of carbonyl (C=O) groups excluding carboxylic acids is 3. The first-order valence-corrected chi connectivity index (χ1v) is 12.2. The van der Waals surface area contributed by atoms with Crippen molar-refractivity contribution in [1.29, 1.82) is 0 Å². The molecule has 0 bridgehead atoms. The van der Waals surface area contributed by atoms with Gasteiger partial charge < -0.3 is 14.8 Å². The van der Waals surface area contributed by atoms with Gasteiger partial charge >= 0.3 is 0 Å². The predicted molar refractivity (Wildman–Crippen MR) is 136 cm³/mol. The number of thiocarbonyl (C=S) groups is 1. The molecule has 9 heteroatoms. The molecule has 2 aromatic carbocycles. The van der Waals surface area contributed by atoms with E-state index in [2.05, 4.69) is 5.32 Å². The minimum atomic E-state index is -0.0978. The van der Waals surface area contributed by atoms with Gasteiger partial charge in [0.15, 0.2) is 17.3 Å². The lowest BCUT2D eigenvalue weighted by Crippen LogP contribution is -2.29. The fourth-order valence-electron chi connectivity index (χ4n) is 3.59. The van der Waals surface area contributed by atoms with Crippen molar-refractivity contribution in [2.45, 2.75) is 32.6 Å². The Morgan fingerprint density at radius 2 is 1.85 bits per heavy atom. The zero-order chi connectivity index (χ0) is 24.1. The van der Waals surface area contributed by atoms with Crippen molar-refractivity contribution in [2.75, 3.05) is 18.7 Å². The third-order valence-electron chi connectivity index (χ3n) is 5.43. The fourth-order valence-corrected chi connectivity index (χ4v) is 4.90. The van der Waals surface area contributed by atoms with Gasteiger partial charge in [-0.3, -0.25) is 19.3 Å². The maximum absolute atomic E-state index is 12.8. The third-order valence-corrected chi connectivity index (χ3v) is 6.81. The Bertz CT molecular complexity index is 1160. The lowest BCUT2D eigenvalue weighted by molar-refractivity contribution is -0.122. The molecule has 0 spiro atoms. The molecule has 1 N–H and O–H groups in total. The summed E-state index contributed by atoms with van der Waals surface area (Å²) in [6.45, 7) is 2.24. The second kappa shape index (κ2) is 10.8. The smallest absolute Gasteiger partial charge is 0.266 e. The molecule has 1 fully saturated rings. The standard InChI is InChI=1S/C25H24N2O5S2/c1-16(28)18-7-9-19(10-8-18)26-23(29)5-3-2-4-12-27-24(30)22(34-25(27)33)14-17-6-11-20-21(13-17)32-15-31-20/h6-11,13-14H,2-5,12,15H2,1H3,(H,26,29). The van der Waals surface area contributed by atoms with Crippen LogP contribution in [0.4, 0.5) is 5.69 Å². The summed E-state index contributed by atoms with van der Waals surface area (Å²) in [6.07, 6.45) is 4.46. The maximum Gasteiger partial charge on any atom is 0.266 e. The Balaban J connectivity index is 1.20. The molecule has 0 aliphatic carbocycles. The first-order chi connectivity index (χ1) is 16.4. The Morgan fingerprint density at radius 3 is 2.62 bits per heavy atom. The SMILES string of the molecule is CC(=O)c1ccc(NC(=O)CCCCCN2C(=O)C(=Cc3ccc4c(c3)OCO4)SC2=S)cc1. The Morgan fingerprint density at radius 1 is 1.09 bits per heavy atom. The van der Waals surface area contributed by atoms with Crippen LogP contribution in [0.2, 0.25) is 0 Å². The normalized spacial score (nSPS) is 15.8. The van der Waals surface area contributed by atoms with Crippen molar-refractivity contribution in [3.05, 3.63) is 58.5 Å². The van der Waals surface area contributed by atoms with Gasteiger partial charge in [-0.1, -0.05) is 36.5 Å². The molecule has 2 amide bonds. The third kappa shape index (κ3) is 5.84. The number of ketones is 1. The molecule has 2 heterocycles. The zero-order valence-corrected chi connectivity index (χ0v) is 20.3. The molecule has 0 unspecified atom stereocenters. The van der Waals surface area contributed by atoms with Crippen molar-refractivity contribution in [1.82, 2.24) is 4.90 Å². The first-order valence-electron chi connectivity index (χ1n) is 11.0. The van der Waals surface area contributed by atoms with Crippen LogP contribution in [-0.2, 0) is 9.59 Å². The topological polar surface area (TPSA) is 84.9 Å². The average molecular weight is 497 g/mol. The highest BCUT2D eigenvalue weighted by atomic mass is 32.2. The van der Waals surface area contributed by atoms with Crippen LogP contribution in [0.1, 0.15) is 48.5 Å². The molecular weight excluding hydrogens is 472 g/mol. The minimum Gasteiger partial charge on any atom is -0.454 e. The van der Waals surface area contributed by atoms with E-state index in [4.69, 9.17) is 21.7 Å². The Labute approximate surface area is 207 Å². The number of unbranched alkanes of at least 4 members (excludes halogenated alkanes) is 2. The largest absolute Gasteiger partial charge is 0.454 e. The molecule has 0 aromatic heterocycles. The summed E-state index contributed by atoms with van der Waals surface area (Å²) in [5, 5.41) is 2.84. The summed E-state index contributed by atoms with van der Waals surface area (Å²) < 4.78 is 11.3. The van der Waals surface area contributed by atoms with Gasteiger partial charge in [-0.15, -0.1) is 0 Å². The predicted octanol–water partition coefficient (Wildman–Crippen LogP) is 5.02. The van der Waals surface area contributed by atoms with E-state index in [1.54, 1.807) is 29.2 Å². The molecule has 34 heavy (non-hydrogen) atoms. The van der Waals surface area contributed by atoms with E-state index in [1.165, 1.54) is 18.7 Å². The van der Waals surface area contributed by atoms with Crippen molar-refractivity contribution < 1.29 is 23.9 Å². The van der Waals surface area contributed by atoms with Crippen LogP contribution in [0, 0.1) is 0 Å². The van der Waals surface area contributed by atoms with Gasteiger partial charge in [-0.05, 0) is 67.8 Å². The lowest BCUT2D eigenvalue weighted by Gasteiger charge is -2.14. The van der Waals surface area contributed by atoms with E-state index in [0.29, 0.717) is 51.4 Å². The highest BCUT2D eigenvalue weighted by Crippen LogP contribution is 2.36. The van der Waals surface area contributed by atoms with E-state index in [9.17, 15) is 14.4 Å². The van der Waals surface area contributed by atoms with E-state index in [-0.39, 0.29) is 24.4 Å². The van der Waals surface area contributed by atoms with Gasteiger partial charge in [0.05, 0.1) is 4.91 Å².